The van der Waals surface area contributed by atoms with E-state index in [9.17, 15) is 14.5 Å². The van der Waals surface area contributed by atoms with E-state index in [0.29, 0.717) is 5.88 Å². The van der Waals surface area contributed by atoms with Gasteiger partial charge in [-0.05, 0) is 26.0 Å². The number of pyridine rings is 1. The third kappa shape index (κ3) is 2.90. The van der Waals surface area contributed by atoms with Crippen molar-refractivity contribution in [3.8, 4) is 5.88 Å². The average molecular weight is 276 g/mol. The van der Waals surface area contributed by atoms with Gasteiger partial charge in [0.2, 0.25) is 5.88 Å². The molecule has 2 rings (SSSR count). The minimum atomic E-state index is -0.662. The number of aromatic nitrogens is 1. The summed E-state index contributed by atoms with van der Waals surface area (Å²) in [5.41, 5.74) is 1.17. The third-order valence-electron chi connectivity index (χ3n) is 2.83. The van der Waals surface area contributed by atoms with Gasteiger partial charge < -0.3 is 4.74 Å². The number of ether oxygens (including phenoxy) is 1. The fourth-order valence-corrected chi connectivity index (χ4v) is 1.75. The van der Waals surface area contributed by atoms with Crippen molar-refractivity contribution in [1.82, 2.24) is 4.98 Å². The fraction of sp³-hybridized carbons (Fsp3) is 0.214. The van der Waals surface area contributed by atoms with E-state index < -0.39 is 10.7 Å². The van der Waals surface area contributed by atoms with Gasteiger partial charge in [-0.1, -0.05) is 12.1 Å². The Labute approximate surface area is 115 Å². The highest BCUT2D eigenvalue weighted by molar-refractivity contribution is 5.41. The number of hydrogen-bond acceptors (Lipinski definition) is 4. The summed E-state index contributed by atoms with van der Waals surface area (Å²) in [6.45, 7) is 3.37. The number of aryl methyl sites for hydroxylation is 2. The lowest BCUT2D eigenvalue weighted by Gasteiger charge is -2.09. The third-order valence-corrected chi connectivity index (χ3v) is 2.83. The topological polar surface area (TPSA) is 65.3 Å². The molecular weight excluding hydrogens is 263 g/mol. The summed E-state index contributed by atoms with van der Waals surface area (Å²) in [4.78, 5) is 14.4. The highest BCUT2D eigenvalue weighted by atomic mass is 19.1. The van der Waals surface area contributed by atoms with E-state index in [4.69, 9.17) is 4.74 Å². The second-order valence-electron chi connectivity index (χ2n) is 4.36. The predicted octanol–water partition coefficient (Wildman–Crippen LogP) is 3.32. The van der Waals surface area contributed by atoms with E-state index >= 15 is 0 Å². The van der Waals surface area contributed by atoms with Gasteiger partial charge in [-0.2, -0.15) is 0 Å². The van der Waals surface area contributed by atoms with Crippen molar-refractivity contribution in [3.63, 3.8) is 0 Å². The second-order valence-corrected chi connectivity index (χ2v) is 4.36. The van der Waals surface area contributed by atoms with Crippen LogP contribution in [0.15, 0.2) is 30.3 Å². The van der Waals surface area contributed by atoms with Gasteiger partial charge in [-0.15, -0.1) is 0 Å². The number of hydrogen-bond donors (Lipinski definition) is 0. The molecule has 0 fully saturated rings. The van der Waals surface area contributed by atoms with Crippen molar-refractivity contribution in [2.24, 2.45) is 0 Å². The van der Waals surface area contributed by atoms with E-state index in [-0.39, 0.29) is 17.9 Å². The standard InChI is InChI=1S/C14H13FN2O3/c1-9-6-7-10(2)16-14(9)20-8-11-12(15)4-3-5-13(11)17(18)19/h3-7H,8H2,1-2H3. The number of nitrogens with zero attached hydrogens (tertiary/aromatic N) is 2. The smallest absolute Gasteiger partial charge is 0.278 e. The molecule has 0 spiro atoms. The highest BCUT2D eigenvalue weighted by Crippen LogP contribution is 2.24. The monoisotopic (exact) mass is 276 g/mol. The summed E-state index contributed by atoms with van der Waals surface area (Å²) >= 11 is 0. The first-order valence-electron chi connectivity index (χ1n) is 5.98. The molecule has 0 saturated heterocycles. The molecule has 5 nitrogen and oxygen atoms in total. The molecule has 0 aliphatic rings. The molecule has 104 valence electrons. The van der Waals surface area contributed by atoms with Gasteiger partial charge in [-0.3, -0.25) is 10.1 Å². The number of nitro groups is 1. The van der Waals surface area contributed by atoms with Crippen LogP contribution in [-0.4, -0.2) is 9.91 Å². The minimum Gasteiger partial charge on any atom is -0.472 e. The molecule has 6 heteroatoms. The second kappa shape index (κ2) is 5.64. The van der Waals surface area contributed by atoms with Crippen LogP contribution in [0.5, 0.6) is 5.88 Å². The normalized spacial score (nSPS) is 10.3. The zero-order valence-corrected chi connectivity index (χ0v) is 11.1. The van der Waals surface area contributed by atoms with Crippen molar-refractivity contribution in [2.75, 3.05) is 0 Å². The lowest BCUT2D eigenvalue weighted by atomic mass is 10.2. The van der Waals surface area contributed by atoms with Crippen LogP contribution in [-0.2, 0) is 6.61 Å². The van der Waals surface area contributed by atoms with Crippen LogP contribution < -0.4 is 4.74 Å². The lowest BCUT2D eigenvalue weighted by molar-refractivity contribution is -0.386. The Hall–Kier alpha value is -2.50. The summed E-state index contributed by atoms with van der Waals surface area (Å²) in [5.74, 6) is -0.313. The van der Waals surface area contributed by atoms with Crippen LogP contribution in [0.3, 0.4) is 0 Å². The maximum atomic E-state index is 13.7. The number of halogens is 1. The Bertz CT molecular complexity index is 659. The first kappa shape index (κ1) is 13.9. The van der Waals surface area contributed by atoms with Gasteiger partial charge in [0.25, 0.3) is 5.69 Å². The lowest BCUT2D eigenvalue weighted by Crippen LogP contribution is -2.05. The first-order valence-corrected chi connectivity index (χ1v) is 5.98. The van der Waals surface area contributed by atoms with Gasteiger partial charge in [0.05, 0.1) is 4.92 Å². The number of nitro benzene ring substituents is 1. The van der Waals surface area contributed by atoms with Crippen molar-refractivity contribution < 1.29 is 14.1 Å². The summed E-state index contributed by atoms with van der Waals surface area (Å²) in [6.07, 6.45) is 0. The van der Waals surface area contributed by atoms with Crippen LogP contribution in [0, 0.1) is 29.8 Å². The molecule has 20 heavy (non-hydrogen) atoms. The maximum absolute atomic E-state index is 13.7. The van der Waals surface area contributed by atoms with E-state index in [2.05, 4.69) is 4.98 Å². The molecule has 0 amide bonds. The van der Waals surface area contributed by atoms with E-state index in [1.165, 1.54) is 18.2 Å². The van der Waals surface area contributed by atoms with Crippen LogP contribution in [0.1, 0.15) is 16.8 Å². The van der Waals surface area contributed by atoms with Crippen molar-refractivity contribution in [2.45, 2.75) is 20.5 Å². The maximum Gasteiger partial charge on any atom is 0.278 e. The zero-order valence-electron chi connectivity index (χ0n) is 11.1. The Kier molecular flexibility index (Phi) is 3.93. The van der Waals surface area contributed by atoms with Gasteiger partial charge in [0.1, 0.15) is 18.0 Å². The van der Waals surface area contributed by atoms with Crippen LogP contribution in [0.25, 0.3) is 0 Å². The summed E-state index contributed by atoms with van der Waals surface area (Å²) in [5, 5.41) is 10.9. The van der Waals surface area contributed by atoms with Crippen molar-refractivity contribution in [1.29, 1.82) is 0 Å². The largest absolute Gasteiger partial charge is 0.472 e. The first-order chi connectivity index (χ1) is 9.49. The average Bonchev–Trinajstić information content (AvgIpc) is 2.40. The highest BCUT2D eigenvalue weighted by Gasteiger charge is 2.18. The molecule has 0 bridgehead atoms. The SMILES string of the molecule is Cc1ccc(C)c(OCc2c(F)cccc2[N+](=O)[O-])n1. The van der Waals surface area contributed by atoms with Crippen LogP contribution >= 0.6 is 0 Å². The Morgan fingerprint density at radius 1 is 1.30 bits per heavy atom. The summed E-state index contributed by atoms with van der Waals surface area (Å²) < 4.78 is 19.1. The van der Waals surface area contributed by atoms with Gasteiger partial charge >= 0.3 is 0 Å². The fourth-order valence-electron chi connectivity index (χ4n) is 1.75. The number of rotatable bonds is 4. The van der Waals surface area contributed by atoms with Gasteiger partial charge in [-0.25, -0.2) is 9.37 Å². The quantitative estimate of drug-likeness (QED) is 0.634. The zero-order chi connectivity index (χ0) is 14.7. The summed E-state index contributed by atoms with van der Waals surface area (Å²) in [6, 6.07) is 7.37. The van der Waals surface area contributed by atoms with Crippen LogP contribution in [0.4, 0.5) is 10.1 Å². The molecule has 0 atom stereocenters. The van der Waals surface area contributed by atoms with E-state index in [1.54, 1.807) is 13.8 Å². The Morgan fingerprint density at radius 2 is 2.05 bits per heavy atom. The molecule has 1 aromatic carbocycles. The molecular formula is C14H13FN2O3. The Balaban J connectivity index is 2.27. The van der Waals surface area contributed by atoms with Crippen molar-refractivity contribution in [3.05, 3.63) is 63.1 Å². The molecule has 0 saturated carbocycles. The van der Waals surface area contributed by atoms with Crippen molar-refractivity contribution >= 4 is 5.69 Å². The molecule has 0 radical (unpaired) electrons. The molecule has 0 aliphatic carbocycles. The molecule has 1 heterocycles. The molecule has 0 unspecified atom stereocenters. The molecule has 0 aliphatic heterocycles. The summed E-state index contributed by atoms with van der Waals surface area (Å²) in [7, 11) is 0. The van der Waals surface area contributed by atoms with Gasteiger partial charge in [0.15, 0.2) is 0 Å². The van der Waals surface area contributed by atoms with E-state index in [0.717, 1.165) is 11.3 Å². The molecule has 1 aromatic heterocycles. The molecule has 2 aromatic rings. The molecule has 0 N–H and O–H groups in total. The van der Waals surface area contributed by atoms with E-state index in [1.807, 2.05) is 12.1 Å². The number of benzene rings is 1. The van der Waals surface area contributed by atoms with Crippen LogP contribution in [0.2, 0.25) is 0 Å². The van der Waals surface area contributed by atoms with Gasteiger partial charge in [0, 0.05) is 17.3 Å². The predicted molar refractivity (Wildman–Crippen MR) is 71.1 cm³/mol. The Morgan fingerprint density at radius 3 is 2.75 bits per heavy atom. The minimum absolute atomic E-state index is 0.0831.